The highest BCUT2D eigenvalue weighted by atomic mass is 19.3. The topological polar surface area (TPSA) is 61.0 Å². The van der Waals surface area contributed by atoms with Crippen molar-refractivity contribution in [1.82, 2.24) is 15.2 Å². The zero-order chi connectivity index (χ0) is 18.0. The predicted molar refractivity (Wildman–Crippen MR) is 77.9 cm³/mol. The van der Waals surface area contributed by atoms with Crippen LogP contribution in [0, 0.1) is 18.6 Å². The number of hydrogen-bond donors (Lipinski definition) is 0. The first-order chi connectivity index (χ1) is 11.9. The number of pyridine rings is 1. The molecular weight excluding hydrogens is 342 g/mol. The molecule has 130 valence electrons. The van der Waals surface area contributed by atoms with E-state index in [4.69, 9.17) is 9.15 Å². The number of halogens is 4. The first-order valence-corrected chi connectivity index (χ1v) is 7.09. The van der Waals surface area contributed by atoms with Gasteiger partial charge in [-0.2, -0.15) is 8.78 Å². The second kappa shape index (κ2) is 6.88. The van der Waals surface area contributed by atoms with Gasteiger partial charge in [0.15, 0.2) is 0 Å². The van der Waals surface area contributed by atoms with Crippen molar-refractivity contribution >= 4 is 0 Å². The fraction of sp³-hybridized carbons (Fsp3) is 0.188. The summed E-state index contributed by atoms with van der Waals surface area (Å²) in [5.74, 6) is -2.08. The Morgan fingerprint density at radius 3 is 2.56 bits per heavy atom. The van der Waals surface area contributed by atoms with Gasteiger partial charge in [0.25, 0.3) is 5.89 Å². The molecular formula is C16H11F4N3O2. The number of aromatic nitrogens is 3. The van der Waals surface area contributed by atoms with Gasteiger partial charge in [-0.1, -0.05) is 6.07 Å². The highest BCUT2D eigenvalue weighted by Gasteiger charge is 2.18. The Bertz CT molecular complexity index is 899. The number of ether oxygens (including phenoxy) is 1. The molecule has 0 saturated heterocycles. The lowest BCUT2D eigenvalue weighted by Gasteiger charge is -2.08. The molecule has 0 amide bonds. The smallest absolute Gasteiger partial charge is 0.314 e. The summed E-state index contributed by atoms with van der Waals surface area (Å²) in [4.78, 5) is 3.85. The number of rotatable bonds is 5. The molecule has 0 fully saturated rings. The molecule has 0 aliphatic rings. The third-order valence-corrected chi connectivity index (χ3v) is 3.31. The van der Waals surface area contributed by atoms with E-state index in [1.807, 2.05) is 0 Å². The Labute approximate surface area is 139 Å². The fourth-order valence-corrected chi connectivity index (χ4v) is 1.94. The van der Waals surface area contributed by atoms with Crippen molar-refractivity contribution in [2.45, 2.75) is 20.0 Å². The number of hydrogen-bond acceptors (Lipinski definition) is 5. The van der Waals surface area contributed by atoms with Gasteiger partial charge >= 0.3 is 6.43 Å². The normalized spacial score (nSPS) is 11.1. The van der Waals surface area contributed by atoms with Crippen LogP contribution < -0.4 is 4.74 Å². The van der Waals surface area contributed by atoms with Crippen molar-refractivity contribution in [3.63, 3.8) is 0 Å². The van der Waals surface area contributed by atoms with Crippen LogP contribution in [0.2, 0.25) is 0 Å². The van der Waals surface area contributed by atoms with E-state index < -0.39 is 24.0 Å². The Balaban J connectivity index is 1.74. The summed E-state index contributed by atoms with van der Waals surface area (Å²) >= 11 is 0. The van der Waals surface area contributed by atoms with E-state index in [0.29, 0.717) is 5.56 Å². The minimum atomic E-state index is -2.92. The number of benzene rings is 1. The molecule has 1 aromatic carbocycles. The van der Waals surface area contributed by atoms with Crippen molar-refractivity contribution in [2.75, 3.05) is 0 Å². The first kappa shape index (κ1) is 16.9. The van der Waals surface area contributed by atoms with E-state index in [0.717, 1.165) is 6.07 Å². The maximum Gasteiger partial charge on any atom is 0.314 e. The SMILES string of the molecule is Cc1ccc(OCc2ncc(-c3nnc(C(F)F)o3)cc2F)cc1F. The lowest BCUT2D eigenvalue weighted by molar-refractivity contribution is 0.116. The molecule has 0 N–H and O–H groups in total. The zero-order valence-electron chi connectivity index (χ0n) is 12.8. The van der Waals surface area contributed by atoms with Gasteiger partial charge in [0, 0.05) is 12.3 Å². The maximum absolute atomic E-state index is 14.1. The summed E-state index contributed by atoms with van der Waals surface area (Å²) in [5.41, 5.74) is 0.476. The van der Waals surface area contributed by atoms with Crippen molar-refractivity contribution in [3.05, 3.63) is 59.2 Å². The van der Waals surface area contributed by atoms with Crippen molar-refractivity contribution in [1.29, 1.82) is 0 Å². The Hall–Kier alpha value is -2.97. The molecule has 3 aromatic rings. The van der Waals surface area contributed by atoms with E-state index in [2.05, 4.69) is 15.2 Å². The van der Waals surface area contributed by atoms with Crippen LogP contribution >= 0.6 is 0 Å². The molecule has 2 aromatic heterocycles. The lowest BCUT2D eigenvalue weighted by atomic mass is 10.2. The number of alkyl halides is 2. The molecule has 0 bridgehead atoms. The molecule has 0 atom stereocenters. The summed E-state index contributed by atoms with van der Waals surface area (Å²) in [5, 5.41) is 6.57. The van der Waals surface area contributed by atoms with Gasteiger partial charge in [-0.05, 0) is 24.6 Å². The fourth-order valence-electron chi connectivity index (χ4n) is 1.94. The molecule has 2 heterocycles. The van der Waals surface area contributed by atoms with Crippen LogP contribution in [-0.2, 0) is 6.61 Å². The Morgan fingerprint density at radius 2 is 1.92 bits per heavy atom. The largest absolute Gasteiger partial charge is 0.487 e. The van der Waals surface area contributed by atoms with Crippen LogP contribution in [0.1, 0.15) is 23.6 Å². The highest BCUT2D eigenvalue weighted by Crippen LogP contribution is 2.24. The third kappa shape index (κ3) is 3.76. The summed E-state index contributed by atoms with van der Waals surface area (Å²) < 4.78 is 62.4. The summed E-state index contributed by atoms with van der Waals surface area (Å²) in [6, 6.07) is 5.29. The summed E-state index contributed by atoms with van der Waals surface area (Å²) in [6.45, 7) is 1.37. The van der Waals surface area contributed by atoms with E-state index in [9.17, 15) is 17.6 Å². The van der Waals surface area contributed by atoms with E-state index in [1.165, 1.54) is 18.3 Å². The predicted octanol–water partition coefficient (Wildman–Crippen LogP) is 4.23. The average molecular weight is 353 g/mol. The van der Waals surface area contributed by atoms with Crippen LogP contribution in [0.5, 0.6) is 5.75 Å². The Kier molecular flexibility index (Phi) is 4.64. The highest BCUT2D eigenvalue weighted by molar-refractivity contribution is 5.51. The van der Waals surface area contributed by atoms with Crippen LogP contribution in [0.4, 0.5) is 17.6 Å². The summed E-state index contributed by atoms with van der Waals surface area (Å²) in [6.07, 6.45) is -1.72. The minimum absolute atomic E-state index is 0.0432. The lowest BCUT2D eigenvalue weighted by Crippen LogP contribution is -2.02. The van der Waals surface area contributed by atoms with Crippen molar-refractivity contribution in [3.8, 4) is 17.2 Å². The summed E-state index contributed by atoms with van der Waals surface area (Å²) in [7, 11) is 0. The molecule has 9 heteroatoms. The van der Waals surface area contributed by atoms with Crippen LogP contribution in [0.3, 0.4) is 0 Å². The van der Waals surface area contributed by atoms with Crippen molar-refractivity contribution in [2.24, 2.45) is 0 Å². The van der Waals surface area contributed by atoms with Crippen LogP contribution in [0.15, 0.2) is 34.9 Å². The maximum atomic E-state index is 14.1. The minimum Gasteiger partial charge on any atom is -0.487 e. The zero-order valence-corrected chi connectivity index (χ0v) is 12.8. The van der Waals surface area contributed by atoms with E-state index in [-0.39, 0.29) is 29.5 Å². The van der Waals surface area contributed by atoms with Crippen LogP contribution in [0.25, 0.3) is 11.5 Å². The van der Waals surface area contributed by atoms with Gasteiger partial charge in [-0.15, -0.1) is 10.2 Å². The molecule has 5 nitrogen and oxygen atoms in total. The number of nitrogens with zero attached hydrogens (tertiary/aromatic N) is 3. The second-order valence-electron chi connectivity index (χ2n) is 5.10. The standard InChI is InChI=1S/C16H11F4N3O2/c1-8-2-3-10(5-11(8)17)24-7-13-12(18)4-9(6-21-13)15-22-23-16(25-15)14(19)20/h2-6,14H,7H2,1H3. The van der Waals surface area contributed by atoms with Gasteiger partial charge in [-0.25, -0.2) is 8.78 Å². The third-order valence-electron chi connectivity index (χ3n) is 3.31. The monoisotopic (exact) mass is 353 g/mol. The second-order valence-corrected chi connectivity index (χ2v) is 5.10. The molecule has 0 radical (unpaired) electrons. The Morgan fingerprint density at radius 1 is 1.12 bits per heavy atom. The molecule has 0 aliphatic heterocycles. The van der Waals surface area contributed by atoms with Gasteiger partial charge in [0.2, 0.25) is 5.89 Å². The van der Waals surface area contributed by atoms with E-state index in [1.54, 1.807) is 13.0 Å². The molecule has 0 aliphatic carbocycles. The van der Waals surface area contributed by atoms with Gasteiger partial charge in [-0.3, -0.25) is 4.98 Å². The van der Waals surface area contributed by atoms with Gasteiger partial charge in [0.1, 0.15) is 29.7 Å². The van der Waals surface area contributed by atoms with Crippen molar-refractivity contribution < 1.29 is 26.7 Å². The molecule has 0 unspecified atom stereocenters. The molecule has 3 rings (SSSR count). The first-order valence-electron chi connectivity index (χ1n) is 7.09. The van der Waals surface area contributed by atoms with Gasteiger partial charge < -0.3 is 9.15 Å². The van der Waals surface area contributed by atoms with E-state index >= 15 is 0 Å². The quantitative estimate of drug-likeness (QED) is 0.642. The van der Waals surface area contributed by atoms with Gasteiger partial charge in [0.05, 0.1) is 5.56 Å². The molecule has 0 spiro atoms. The van der Waals surface area contributed by atoms with Crippen LogP contribution in [-0.4, -0.2) is 15.2 Å². The molecule has 25 heavy (non-hydrogen) atoms. The molecule has 0 saturated carbocycles. The average Bonchev–Trinajstić information content (AvgIpc) is 3.07. The number of aryl methyl sites for hydroxylation is 1.